The van der Waals surface area contributed by atoms with Gasteiger partial charge >= 0.3 is 5.97 Å². The second-order valence-corrected chi connectivity index (χ2v) is 8.14. The van der Waals surface area contributed by atoms with Crippen LogP contribution in [0.5, 0.6) is 5.75 Å². The summed E-state index contributed by atoms with van der Waals surface area (Å²) in [5.41, 5.74) is 2.95. The lowest BCUT2D eigenvalue weighted by Gasteiger charge is -2.36. The van der Waals surface area contributed by atoms with Gasteiger partial charge in [-0.1, -0.05) is 30.3 Å². The van der Waals surface area contributed by atoms with Crippen LogP contribution in [0, 0.1) is 11.7 Å². The van der Waals surface area contributed by atoms with Crippen molar-refractivity contribution in [2.24, 2.45) is 10.9 Å². The van der Waals surface area contributed by atoms with Crippen molar-refractivity contribution < 1.29 is 23.5 Å². The predicted octanol–water partition coefficient (Wildman–Crippen LogP) is 4.97. The van der Waals surface area contributed by atoms with E-state index in [1.165, 1.54) is 6.07 Å². The molecule has 0 fully saturated rings. The van der Waals surface area contributed by atoms with Crippen molar-refractivity contribution in [3.63, 3.8) is 0 Å². The smallest absolute Gasteiger partial charge is 0.315 e. The number of rotatable bonds is 5. The Kier molecular flexibility index (Phi) is 6.21. The number of allylic oxidation sites excluding steroid dienone is 2. The number of esters is 1. The molecule has 6 heteroatoms. The van der Waals surface area contributed by atoms with Crippen molar-refractivity contribution in [1.82, 2.24) is 0 Å². The minimum atomic E-state index is -0.827. The van der Waals surface area contributed by atoms with E-state index in [0.717, 1.165) is 11.3 Å². The molecule has 5 nitrogen and oxygen atoms in total. The van der Waals surface area contributed by atoms with Crippen molar-refractivity contribution in [2.45, 2.75) is 38.5 Å². The van der Waals surface area contributed by atoms with Crippen molar-refractivity contribution in [1.29, 1.82) is 0 Å². The van der Waals surface area contributed by atoms with Crippen LogP contribution in [0.2, 0.25) is 0 Å². The Balaban J connectivity index is 1.78. The molecular weight excluding hydrogens is 409 g/mol. The lowest BCUT2D eigenvalue weighted by atomic mass is 9.69. The molecule has 1 heterocycles. The molecule has 166 valence electrons. The van der Waals surface area contributed by atoms with E-state index in [9.17, 15) is 14.0 Å². The SMILES string of the molecule is CCOC(=O)C1C(C)=NC2=C(C(=O)C[C@H](c3ccc(OC)cc3)C2)[C@H]1c1ccccc1F. The molecule has 1 aliphatic carbocycles. The maximum Gasteiger partial charge on any atom is 0.315 e. The monoisotopic (exact) mass is 435 g/mol. The Labute approximate surface area is 187 Å². The largest absolute Gasteiger partial charge is 0.497 e. The van der Waals surface area contributed by atoms with Gasteiger partial charge in [-0.25, -0.2) is 4.39 Å². The van der Waals surface area contributed by atoms with Crippen molar-refractivity contribution >= 4 is 17.5 Å². The molecule has 0 spiro atoms. The Bertz CT molecular complexity index is 1100. The number of benzene rings is 2. The highest BCUT2D eigenvalue weighted by Crippen LogP contribution is 2.47. The summed E-state index contributed by atoms with van der Waals surface area (Å²) in [6.07, 6.45) is 0.825. The number of carbonyl (C=O) groups is 2. The average Bonchev–Trinajstić information content (AvgIpc) is 2.78. The highest BCUT2D eigenvalue weighted by atomic mass is 19.1. The zero-order valence-corrected chi connectivity index (χ0v) is 18.4. The molecule has 3 atom stereocenters. The number of halogens is 1. The summed E-state index contributed by atoms with van der Waals surface area (Å²) in [5.74, 6) is -1.90. The Morgan fingerprint density at radius 2 is 1.84 bits per heavy atom. The number of ketones is 1. The van der Waals surface area contributed by atoms with Gasteiger partial charge in [-0.2, -0.15) is 0 Å². The first-order chi connectivity index (χ1) is 15.4. The number of carbonyl (C=O) groups excluding carboxylic acids is 2. The van der Waals surface area contributed by atoms with Gasteiger partial charge in [-0.3, -0.25) is 14.6 Å². The zero-order valence-electron chi connectivity index (χ0n) is 18.4. The van der Waals surface area contributed by atoms with Gasteiger partial charge in [0.1, 0.15) is 17.5 Å². The van der Waals surface area contributed by atoms with Crippen LogP contribution in [0.3, 0.4) is 0 Å². The van der Waals surface area contributed by atoms with Gasteiger partial charge in [-0.15, -0.1) is 0 Å². The lowest BCUT2D eigenvalue weighted by Crippen LogP contribution is -2.38. The van der Waals surface area contributed by atoms with E-state index in [1.54, 1.807) is 39.2 Å². The molecule has 0 N–H and O–H groups in total. The third kappa shape index (κ3) is 3.97. The van der Waals surface area contributed by atoms with Gasteiger partial charge < -0.3 is 9.47 Å². The fourth-order valence-corrected chi connectivity index (χ4v) is 4.77. The van der Waals surface area contributed by atoms with Crippen molar-refractivity contribution in [3.05, 3.63) is 76.7 Å². The fraction of sp³-hybridized carbons (Fsp3) is 0.346. The topological polar surface area (TPSA) is 65.0 Å². The second kappa shape index (κ2) is 9.07. The highest BCUT2D eigenvalue weighted by molar-refractivity contribution is 6.09. The van der Waals surface area contributed by atoms with E-state index in [-0.39, 0.29) is 24.7 Å². The van der Waals surface area contributed by atoms with Gasteiger partial charge in [0.15, 0.2) is 5.78 Å². The number of methoxy groups -OCH3 is 1. The van der Waals surface area contributed by atoms with Crippen LogP contribution in [-0.2, 0) is 14.3 Å². The first-order valence-electron chi connectivity index (χ1n) is 10.8. The fourth-order valence-electron chi connectivity index (χ4n) is 4.77. The molecule has 4 rings (SSSR count). The third-order valence-electron chi connectivity index (χ3n) is 6.26. The lowest BCUT2D eigenvalue weighted by molar-refractivity contribution is -0.146. The first kappa shape index (κ1) is 21.9. The van der Waals surface area contributed by atoms with E-state index in [4.69, 9.17) is 9.47 Å². The summed E-state index contributed by atoms with van der Waals surface area (Å²) < 4.78 is 25.4. The standard InChI is InChI=1S/C26H26FNO4/c1-4-32-26(30)23-15(2)28-21-13-17(16-9-11-18(31-3)12-10-16)14-22(29)25(21)24(23)19-7-5-6-8-20(19)27/h5-12,17,23-24H,4,13-14H2,1-3H3/t17-,23?,24+/m1/s1. The number of ether oxygens (including phenoxy) is 2. The minimum absolute atomic E-state index is 0.0379. The highest BCUT2D eigenvalue weighted by Gasteiger charge is 2.45. The Hall–Kier alpha value is -3.28. The second-order valence-electron chi connectivity index (χ2n) is 8.14. The van der Waals surface area contributed by atoms with Gasteiger partial charge in [0.2, 0.25) is 0 Å². The van der Waals surface area contributed by atoms with Crippen LogP contribution in [0.4, 0.5) is 4.39 Å². The molecule has 2 aromatic carbocycles. The van der Waals surface area contributed by atoms with E-state index < -0.39 is 23.6 Å². The van der Waals surface area contributed by atoms with Crippen LogP contribution in [0.25, 0.3) is 0 Å². The van der Waals surface area contributed by atoms with Gasteiger partial charge in [0.25, 0.3) is 0 Å². The van der Waals surface area contributed by atoms with Gasteiger partial charge in [-0.05, 0) is 55.5 Å². The summed E-state index contributed by atoms with van der Waals surface area (Å²) in [6, 6.07) is 14.0. The Morgan fingerprint density at radius 3 is 2.50 bits per heavy atom. The molecule has 0 saturated carbocycles. The van der Waals surface area contributed by atoms with Crippen molar-refractivity contribution in [3.8, 4) is 5.75 Å². The average molecular weight is 435 g/mol. The van der Waals surface area contributed by atoms with Crippen LogP contribution < -0.4 is 4.74 Å². The molecule has 1 aliphatic heterocycles. The summed E-state index contributed by atoms with van der Waals surface area (Å²) in [5, 5.41) is 0. The van der Waals surface area contributed by atoms with Crippen LogP contribution in [-0.4, -0.2) is 31.2 Å². The zero-order chi connectivity index (χ0) is 22.8. The van der Waals surface area contributed by atoms with Crippen LogP contribution >= 0.6 is 0 Å². The normalized spacial score (nSPS) is 22.8. The van der Waals surface area contributed by atoms with Crippen LogP contribution in [0.15, 0.2) is 64.8 Å². The number of hydrogen-bond donors (Lipinski definition) is 0. The summed E-state index contributed by atoms with van der Waals surface area (Å²) >= 11 is 0. The molecule has 32 heavy (non-hydrogen) atoms. The number of aliphatic imine (C=N–C) groups is 1. The molecule has 1 unspecified atom stereocenters. The molecule has 0 bridgehead atoms. The quantitative estimate of drug-likeness (QED) is 0.622. The molecule has 0 radical (unpaired) electrons. The number of Topliss-reactive ketones (excluding diaryl/α,β-unsaturated/α-hetero) is 1. The molecule has 2 aliphatic rings. The first-order valence-corrected chi connectivity index (χ1v) is 10.8. The molecule has 0 amide bonds. The molecular formula is C26H26FNO4. The molecule has 0 saturated heterocycles. The maximum absolute atomic E-state index is 14.9. The molecule has 2 aromatic rings. The molecule has 0 aromatic heterocycles. The summed E-state index contributed by atoms with van der Waals surface area (Å²) in [4.78, 5) is 31.0. The number of nitrogens with zero attached hydrogens (tertiary/aromatic N) is 1. The summed E-state index contributed by atoms with van der Waals surface area (Å²) in [7, 11) is 1.61. The van der Waals surface area contributed by atoms with E-state index in [0.29, 0.717) is 29.0 Å². The van der Waals surface area contributed by atoms with Crippen molar-refractivity contribution in [2.75, 3.05) is 13.7 Å². The predicted molar refractivity (Wildman–Crippen MR) is 119 cm³/mol. The third-order valence-corrected chi connectivity index (χ3v) is 6.26. The Morgan fingerprint density at radius 1 is 1.12 bits per heavy atom. The minimum Gasteiger partial charge on any atom is -0.497 e. The van der Waals surface area contributed by atoms with Gasteiger partial charge in [0, 0.05) is 29.3 Å². The maximum atomic E-state index is 14.9. The van der Waals surface area contributed by atoms with Crippen LogP contribution in [0.1, 0.15) is 49.7 Å². The van der Waals surface area contributed by atoms with E-state index in [2.05, 4.69) is 4.99 Å². The van der Waals surface area contributed by atoms with E-state index in [1.807, 2.05) is 24.3 Å². The summed E-state index contributed by atoms with van der Waals surface area (Å²) in [6.45, 7) is 3.67. The number of hydrogen-bond acceptors (Lipinski definition) is 5. The van der Waals surface area contributed by atoms with E-state index >= 15 is 0 Å². The van der Waals surface area contributed by atoms with Gasteiger partial charge in [0.05, 0.1) is 13.7 Å².